The molecular weight excluding hydrogens is 342 g/mol. The van der Waals surface area contributed by atoms with Gasteiger partial charge in [-0.25, -0.2) is 9.67 Å². The van der Waals surface area contributed by atoms with Gasteiger partial charge in [-0.15, -0.1) is 0 Å². The lowest BCUT2D eigenvalue weighted by Gasteiger charge is -2.14. The van der Waals surface area contributed by atoms with Crippen molar-refractivity contribution in [2.45, 2.75) is 19.4 Å². The summed E-state index contributed by atoms with van der Waals surface area (Å²) in [6, 6.07) is 7.88. The molecule has 0 atom stereocenters. The van der Waals surface area contributed by atoms with Crippen LogP contribution in [0.1, 0.15) is 12.8 Å². The van der Waals surface area contributed by atoms with Gasteiger partial charge in [0.15, 0.2) is 5.82 Å². The topological polar surface area (TPSA) is 94.9 Å². The van der Waals surface area contributed by atoms with E-state index in [1.54, 1.807) is 10.9 Å². The maximum absolute atomic E-state index is 11.8. The van der Waals surface area contributed by atoms with Crippen LogP contribution in [0.3, 0.4) is 0 Å². The molecule has 1 amide bonds. The van der Waals surface area contributed by atoms with Crippen molar-refractivity contribution in [3.63, 3.8) is 0 Å². The number of nitrogens with two attached hydrogens (primary N) is 1. The Labute approximate surface area is 155 Å². The van der Waals surface area contributed by atoms with Gasteiger partial charge in [0.2, 0.25) is 5.91 Å². The molecule has 27 heavy (non-hydrogen) atoms. The van der Waals surface area contributed by atoms with E-state index < -0.39 is 0 Å². The summed E-state index contributed by atoms with van der Waals surface area (Å²) in [5, 5.41) is 10.8. The van der Waals surface area contributed by atoms with Crippen molar-refractivity contribution in [2.24, 2.45) is 0 Å². The molecule has 8 heteroatoms. The van der Waals surface area contributed by atoms with Crippen LogP contribution in [0.15, 0.2) is 42.9 Å². The summed E-state index contributed by atoms with van der Waals surface area (Å²) in [6.45, 7) is 2.15. The summed E-state index contributed by atoms with van der Waals surface area (Å²) >= 11 is 0. The summed E-state index contributed by atoms with van der Waals surface area (Å²) in [4.78, 5) is 18.2. The van der Waals surface area contributed by atoms with Gasteiger partial charge < -0.3 is 10.6 Å². The first-order valence-electron chi connectivity index (χ1n) is 9.03. The number of carbonyl (C=O) groups is 1. The highest BCUT2D eigenvalue weighted by Gasteiger charge is 2.20. The average Bonchev–Trinajstić information content (AvgIpc) is 3.41. The Morgan fingerprint density at radius 1 is 1.19 bits per heavy atom. The van der Waals surface area contributed by atoms with Gasteiger partial charge >= 0.3 is 0 Å². The van der Waals surface area contributed by atoms with Crippen molar-refractivity contribution in [3.8, 4) is 5.69 Å². The largest absolute Gasteiger partial charge is 0.382 e. The number of hydrogen-bond acceptors (Lipinski definition) is 5. The minimum absolute atomic E-state index is 0.226. The molecular formula is C19H19N7O. The molecule has 136 valence electrons. The fraction of sp³-hybridized carbons (Fsp3) is 0.263. The van der Waals surface area contributed by atoms with Crippen LogP contribution < -0.4 is 5.73 Å². The number of rotatable bonds is 4. The number of benzene rings is 1. The molecule has 0 bridgehead atoms. The van der Waals surface area contributed by atoms with Crippen molar-refractivity contribution >= 4 is 33.5 Å². The summed E-state index contributed by atoms with van der Waals surface area (Å²) in [5.74, 6) is 0.635. The number of fused-ring (bicyclic) bond motifs is 3. The van der Waals surface area contributed by atoms with E-state index in [4.69, 9.17) is 5.73 Å². The molecule has 0 aliphatic carbocycles. The lowest BCUT2D eigenvalue weighted by Crippen LogP contribution is -2.28. The Hall–Kier alpha value is -3.42. The molecule has 3 aromatic heterocycles. The highest BCUT2D eigenvalue weighted by atomic mass is 16.2. The normalized spacial score (nSPS) is 14.7. The molecule has 4 aromatic rings. The molecule has 4 heterocycles. The fourth-order valence-corrected chi connectivity index (χ4v) is 3.67. The maximum Gasteiger partial charge on any atom is 0.222 e. The first-order chi connectivity index (χ1) is 13.2. The quantitative estimate of drug-likeness (QED) is 0.600. The number of amides is 1. The van der Waals surface area contributed by atoms with E-state index in [2.05, 4.69) is 15.2 Å². The van der Waals surface area contributed by atoms with Gasteiger partial charge in [0.1, 0.15) is 5.52 Å². The SMILES string of the molecule is Nc1nc2cc(-n3cccn3)ccc2c2cn(CCN3CCCC3=O)nc12. The van der Waals surface area contributed by atoms with Crippen LogP contribution in [0.5, 0.6) is 0 Å². The van der Waals surface area contributed by atoms with Gasteiger partial charge in [0.25, 0.3) is 0 Å². The smallest absolute Gasteiger partial charge is 0.222 e. The summed E-state index contributed by atoms with van der Waals surface area (Å²) in [5.41, 5.74) is 8.60. The summed E-state index contributed by atoms with van der Waals surface area (Å²) in [7, 11) is 0. The van der Waals surface area contributed by atoms with Crippen LogP contribution in [0, 0.1) is 0 Å². The monoisotopic (exact) mass is 361 g/mol. The zero-order valence-electron chi connectivity index (χ0n) is 14.7. The van der Waals surface area contributed by atoms with Gasteiger partial charge in [-0.3, -0.25) is 9.48 Å². The van der Waals surface area contributed by atoms with E-state index in [0.717, 1.165) is 34.9 Å². The molecule has 1 aliphatic rings. The summed E-state index contributed by atoms with van der Waals surface area (Å²) in [6.07, 6.45) is 7.22. The Morgan fingerprint density at radius 2 is 2.11 bits per heavy atom. The molecule has 0 spiro atoms. The molecule has 1 fully saturated rings. The third kappa shape index (κ3) is 2.69. The number of nitrogens with zero attached hydrogens (tertiary/aromatic N) is 6. The van der Waals surface area contributed by atoms with E-state index in [1.807, 2.05) is 46.2 Å². The van der Waals surface area contributed by atoms with E-state index in [0.29, 0.717) is 30.8 Å². The summed E-state index contributed by atoms with van der Waals surface area (Å²) < 4.78 is 3.65. The Kier molecular flexibility index (Phi) is 3.56. The second kappa shape index (κ2) is 6.08. The highest BCUT2D eigenvalue weighted by Crippen LogP contribution is 2.28. The van der Waals surface area contributed by atoms with Crippen LogP contribution in [-0.2, 0) is 11.3 Å². The molecule has 0 radical (unpaired) electrons. The van der Waals surface area contributed by atoms with E-state index in [1.165, 1.54) is 0 Å². The number of pyridine rings is 1. The van der Waals surface area contributed by atoms with Crippen molar-refractivity contribution in [3.05, 3.63) is 42.9 Å². The lowest BCUT2D eigenvalue weighted by atomic mass is 10.1. The molecule has 0 unspecified atom stereocenters. The molecule has 1 aliphatic heterocycles. The zero-order valence-corrected chi connectivity index (χ0v) is 14.7. The van der Waals surface area contributed by atoms with Crippen LogP contribution in [0.4, 0.5) is 5.82 Å². The molecule has 5 rings (SSSR count). The van der Waals surface area contributed by atoms with Crippen molar-refractivity contribution in [1.29, 1.82) is 0 Å². The van der Waals surface area contributed by atoms with Gasteiger partial charge in [0, 0.05) is 48.9 Å². The van der Waals surface area contributed by atoms with Crippen LogP contribution >= 0.6 is 0 Å². The first-order valence-corrected chi connectivity index (χ1v) is 9.03. The molecule has 1 aromatic carbocycles. The highest BCUT2D eigenvalue weighted by molar-refractivity contribution is 6.08. The van der Waals surface area contributed by atoms with E-state index >= 15 is 0 Å². The third-order valence-electron chi connectivity index (χ3n) is 5.06. The van der Waals surface area contributed by atoms with Gasteiger partial charge in [0.05, 0.1) is 17.7 Å². The Morgan fingerprint density at radius 3 is 2.89 bits per heavy atom. The zero-order chi connectivity index (χ0) is 18.4. The van der Waals surface area contributed by atoms with Crippen molar-refractivity contribution < 1.29 is 4.79 Å². The second-order valence-electron chi connectivity index (χ2n) is 6.79. The average molecular weight is 361 g/mol. The van der Waals surface area contributed by atoms with Gasteiger partial charge in [-0.1, -0.05) is 0 Å². The van der Waals surface area contributed by atoms with Crippen molar-refractivity contribution in [2.75, 3.05) is 18.8 Å². The van der Waals surface area contributed by atoms with Crippen LogP contribution in [0.2, 0.25) is 0 Å². The Balaban J connectivity index is 1.52. The molecule has 2 N–H and O–H groups in total. The number of carbonyl (C=O) groups excluding carboxylic acids is 1. The number of likely N-dealkylation sites (tertiary alicyclic amines) is 1. The minimum atomic E-state index is 0.226. The predicted molar refractivity (Wildman–Crippen MR) is 102 cm³/mol. The minimum Gasteiger partial charge on any atom is -0.382 e. The van der Waals surface area contributed by atoms with Gasteiger partial charge in [-0.05, 0) is 30.7 Å². The standard InChI is InChI=1S/C19H19N7O/c20-19-18-15(12-25(23-18)10-9-24-7-1-3-17(24)27)14-5-4-13(11-16(14)22-19)26-8-2-6-21-26/h2,4-6,8,11-12H,1,3,7,9-10H2,(H2,20,22). The number of hydrogen-bond donors (Lipinski definition) is 1. The maximum atomic E-state index is 11.8. The number of aromatic nitrogens is 5. The molecule has 0 saturated carbocycles. The van der Waals surface area contributed by atoms with E-state index in [-0.39, 0.29) is 5.91 Å². The number of nitrogen functional groups attached to an aromatic ring is 1. The fourth-order valence-electron chi connectivity index (χ4n) is 3.67. The second-order valence-corrected chi connectivity index (χ2v) is 6.79. The predicted octanol–water partition coefficient (Wildman–Crippen LogP) is 1.97. The van der Waals surface area contributed by atoms with E-state index in [9.17, 15) is 4.79 Å². The third-order valence-corrected chi connectivity index (χ3v) is 5.06. The Bertz CT molecular complexity index is 1150. The van der Waals surface area contributed by atoms with Gasteiger partial charge in [-0.2, -0.15) is 10.2 Å². The lowest BCUT2D eigenvalue weighted by molar-refractivity contribution is -0.127. The number of anilines is 1. The van der Waals surface area contributed by atoms with Crippen molar-refractivity contribution in [1.82, 2.24) is 29.4 Å². The molecule has 8 nitrogen and oxygen atoms in total. The van der Waals surface area contributed by atoms with Crippen LogP contribution in [0.25, 0.3) is 27.5 Å². The van der Waals surface area contributed by atoms with Crippen LogP contribution in [-0.4, -0.2) is 48.4 Å². The molecule has 1 saturated heterocycles. The first kappa shape index (κ1) is 15.8.